The smallest absolute Gasteiger partial charge is 0.317 e. The van der Waals surface area contributed by atoms with E-state index in [1.807, 2.05) is 0 Å². The van der Waals surface area contributed by atoms with Gasteiger partial charge < -0.3 is 20.4 Å². The van der Waals surface area contributed by atoms with E-state index in [4.69, 9.17) is 20.4 Å². The molecule has 0 rings (SSSR count). The Morgan fingerprint density at radius 1 is 0.522 bits per heavy atom. The molecule has 3 radical (unpaired) electrons. The second-order valence-electron chi connectivity index (χ2n) is 4.00. The molecular formula is C10H16K3N2O8. The van der Waals surface area contributed by atoms with E-state index in [9.17, 15) is 19.2 Å². The summed E-state index contributed by atoms with van der Waals surface area (Å²) >= 11 is 0. The Bertz CT molecular complexity index is 328. The Morgan fingerprint density at radius 3 is 0.826 bits per heavy atom. The summed E-state index contributed by atoms with van der Waals surface area (Å²) in [6, 6.07) is 0. The molecule has 23 heavy (non-hydrogen) atoms. The maximum atomic E-state index is 10.6. The van der Waals surface area contributed by atoms with Crippen molar-refractivity contribution in [1.29, 1.82) is 0 Å². The number of nitrogens with zero attached hydrogens (tertiary/aromatic N) is 2. The summed E-state index contributed by atoms with van der Waals surface area (Å²) in [5.41, 5.74) is 0. The average Bonchev–Trinajstić information content (AvgIpc) is 2.22. The molecule has 0 atom stereocenters. The molecule has 0 amide bonds. The van der Waals surface area contributed by atoms with Gasteiger partial charge in [-0.25, -0.2) is 0 Å². The van der Waals surface area contributed by atoms with E-state index < -0.39 is 50.1 Å². The van der Waals surface area contributed by atoms with Crippen LogP contribution >= 0.6 is 0 Å². The first-order valence-corrected chi connectivity index (χ1v) is 5.52. The zero-order valence-corrected chi connectivity index (χ0v) is 22.9. The SMILES string of the molecule is O=C(O)CN(CCN(CC(=O)O)CC(=O)O)CC(=O)O.[K].[K].[K]. The van der Waals surface area contributed by atoms with Crippen LogP contribution in [0.25, 0.3) is 0 Å². The van der Waals surface area contributed by atoms with E-state index in [1.54, 1.807) is 0 Å². The Balaban J connectivity index is -0.000000602. The van der Waals surface area contributed by atoms with Gasteiger partial charge in [-0.05, 0) is 0 Å². The predicted octanol–water partition coefficient (Wildman–Crippen LogP) is -3.21. The van der Waals surface area contributed by atoms with Gasteiger partial charge in [0.25, 0.3) is 0 Å². The number of hydrogen-bond donors (Lipinski definition) is 4. The first kappa shape index (κ1) is 33.3. The zero-order valence-electron chi connectivity index (χ0n) is 13.6. The fourth-order valence-corrected chi connectivity index (χ4v) is 1.48. The minimum atomic E-state index is -1.23. The molecule has 0 aliphatic carbocycles. The normalized spacial score (nSPS) is 9.30. The van der Waals surface area contributed by atoms with E-state index in [0.29, 0.717) is 0 Å². The fourth-order valence-electron chi connectivity index (χ4n) is 1.48. The topological polar surface area (TPSA) is 156 Å². The van der Waals surface area contributed by atoms with Crippen LogP contribution in [0, 0.1) is 0 Å². The number of carboxylic acids is 4. The van der Waals surface area contributed by atoms with Gasteiger partial charge in [0.15, 0.2) is 0 Å². The van der Waals surface area contributed by atoms with Gasteiger partial charge in [-0.3, -0.25) is 29.0 Å². The van der Waals surface area contributed by atoms with Crippen LogP contribution in [0.2, 0.25) is 0 Å². The van der Waals surface area contributed by atoms with Crippen LogP contribution in [-0.2, 0) is 19.2 Å². The third-order valence-electron chi connectivity index (χ3n) is 2.17. The van der Waals surface area contributed by atoms with Crippen molar-refractivity contribution >= 4 is 178 Å². The van der Waals surface area contributed by atoms with Crippen LogP contribution in [0.5, 0.6) is 0 Å². The van der Waals surface area contributed by atoms with Crippen molar-refractivity contribution in [3.05, 3.63) is 0 Å². The van der Waals surface area contributed by atoms with Gasteiger partial charge in [-0.15, -0.1) is 0 Å². The van der Waals surface area contributed by atoms with Gasteiger partial charge in [-0.2, -0.15) is 0 Å². The molecule has 0 fully saturated rings. The van der Waals surface area contributed by atoms with Crippen LogP contribution in [0.1, 0.15) is 0 Å². The molecule has 0 saturated heterocycles. The largest absolute Gasteiger partial charge is 0.480 e. The third-order valence-corrected chi connectivity index (χ3v) is 2.17. The average molecular weight is 410 g/mol. The summed E-state index contributed by atoms with van der Waals surface area (Å²) in [6.45, 7) is -2.25. The maximum Gasteiger partial charge on any atom is 0.317 e. The second kappa shape index (κ2) is 19.5. The summed E-state index contributed by atoms with van der Waals surface area (Å²) in [5.74, 6) is -4.91. The van der Waals surface area contributed by atoms with Gasteiger partial charge >= 0.3 is 23.9 Å². The van der Waals surface area contributed by atoms with E-state index >= 15 is 0 Å². The van der Waals surface area contributed by atoms with Crippen molar-refractivity contribution < 1.29 is 39.6 Å². The maximum absolute atomic E-state index is 10.6. The van der Waals surface area contributed by atoms with E-state index in [1.165, 1.54) is 0 Å². The second-order valence-corrected chi connectivity index (χ2v) is 4.00. The van der Waals surface area contributed by atoms with Crippen molar-refractivity contribution in [2.24, 2.45) is 0 Å². The van der Waals surface area contributed by atoms with E-state index in [-0.39, 0.29) is 167 Å². The molecule has 0 aromatic heterocycles. The van der Waals surface area contributed by atoms with Crippen LogP contribution in [-0.4, -0.2) is 248 Å². The van der Waals surface area contributed by atoms with Gasteiger partial charge in [0.2, 0.25) is 0 Å². The molecular weight excluding hydrogens is 393 g/mol. The number of carboxylic acid groups (broad SMARTS) is 4. The first-order chi connectivity index (χ1) is 9.20. The van der Waals surface area contributed by atoms with Gasteiger partial charge in [0, 0.05) is 167 Å². The molecule has 0 bridgehead atoms. The molecule has 0 aliphatic rings. The molecule has 0 aromatic carbocycles. The minimum Gasteiger partial charge on any atom is -0.480 e. The molecule has 0 aliphatic heterocycles. The molecule has 0 aromatic rings. The minimum absolute atomic E-state index is 0. The molecule has 117 valence electrons. The van der Waals surface area contributed by atoms with E-state index in [0.717, 1.165) is 9.80 Å². The number of carbonyl (C=O) groups is 4. The Kier molecular flexibility index (Phi) is 28.2. The van der Waals surface area contributed by atoms with Crippen molar-refractivity contribution in [2.75, 3.05) is 39.3 Å². The van der Waals surface area contributed by atoms with E-state index in [2.05, 4.69) is 0 Å². The molecule has 4 N–H and O–H groups in total. The van der Waals surface area contributed by atoms with Gasteiger partial charge in [0.1, 0.15) is 0 Å². The molecule has 0 heterocycles. The number of hydrogen-bond acceptors (Lipinski definition) is 6. The van der Waals surface area contributed by atoms with Crippen molar-refractivity contribution in [1.82, 2.24) is 9.80 Å². The summed E-state index contributed by atoms with van der Waals surface area (Å²) in [7, 11) is 0. The van der Waals surface area contributed by atoms with Gasteiger partial charge in [0.05, 0.1) is 26.2 Å². The summed E-state index contributed by atoms with van der Waals surface area (Å²) < 4.78 is 0. The Hall–Kier alpha value is 2.71. The van der Waals surface area contributed by atoms with Crippen LogP contribution < -0.4 is 0 Å². The standard InChI is InChI=1S/C10H16N2O8.3K/c13-7(14)3-11(4-8(15)16)1-2-12(5-9(17)18)6-10(19)20;;;/h1-6H2,(H,13,14)(H,15,16)(H,17,18)(H,19,20);;;. The molecule has 10 nitrogen and oxygen atoms in total. The summed E-state index contributed by atoms with van der Waals surface area (Å²) in [6.07, 6.45) is 0. The fraction of sp³-hybridized carbons (Fsp3) is 0.600. The first-order valence-electron chi connectivity index (χ1n) is 5.52. The zero-order chi connectivity index (χ0) is 15.7. The van der Waals surface area contributed by atoms with Gasteiger partial charge in [-0.1, -0.05) is 0 Å². The van der Waals surface area contributed by atoms with Crippen molar-refractivity contribution in [2.45, 2.75) is 0 Å². The Morgan fingerprint density at radius 2 is 0.696 bits per heavy atom. The van der Waals surface area contributed by atoms with Crippen molar-refractivity contribution in [3.63, 3.8) is 0 Å². The van der Waals surface area contributed by atoms with Crippen LogP contribution in [0.3, 0.4) is 0 Å². The number of rotatable bonds is 11. The Labute approximate surface area is 260 Å². The third kappa shape index (κ3) is 22.7. The monoisotopic (exact) mass is 409 g/mol. The predicted molar refractivity (Wildman–Crippen MR) is 80.7 cm³/mol. The molecule has 13 heteroatoms. The summed E-state index contributed by atoms with van der Waals surface area (Å²) in [5, 5.41) is 34.5. The molecule has 0 unspecified atom stereocenters. The van der Waals surface area contributed by atoms with Crippen molar-refractivity contribution in [3.8, 4) is 0 Å². The van der Waals surface area contributed by atoms with Crippen LogP contribution in [0.4, 0.5) is 0 Å². The number of aliphatic carboxylic acids is 4. The summed E-state index contributed by atoms with van der Waals surface area (Å²) in [4.78, 5) is 44.4. The molecule has 0 spiro atoms. The van der Waals surface area contributed by atoms with Crippen LogP contribution in [0.15, 0.2) is 0 Å². The quantitative estimate of drug-likeness (QED) is 0.256. The molecule has 0 saturated carbocycles.